The molecule has 8 heteroatoms. The molecule has 2 aromatic carbocycles. The Hall–Kier alpha value is -2.64. The van der Waals surface area contributed by atoms with E-state index in [1.165, 1.54) is 18.2 Å². The first-order valence-electron chi connectivity index (χ1n) is 7.95. The van der Waals surface area contributed by atoms with Crippen LogP contribution in [0.4, 0.5) is 0 Å². The third-order valence-corrected chi connectivity index (χ3v) is 4.98. The van der Waals surface area contributed by atoms with Crippen molar-refractivity contribution >= 4 is 45.0 Å². The van der Waals surface area contributed by atoms with E-state index >= 15 is 0 Å². The minimum absolute atomic E-state index is 0.00715. The summed E-state index contributed by atoms with van der Waals surface area (Å²) in [5, 5.41) is 11.0. The van der Waals surface area contributed by atoms with E-state index in [0.29, 0.717) is 17.9 Å². The number of phenols is 1. The number of carbonyl (C=O) groups is 2. The van der Waals surface area contributed by atoms with Gasteiger partial charge >= 0.3 is 0 Å². The first-order chi connectivity index (χ1) is 12.5. The lowest BCUT2D eigenvalue weighted by Gasteiger charge is -2.08. The van der Waals surface area contributed by atoms with Gasteiger partial charge in [-0.3, -0.25) is 20.4 Å². The third kappa shape index (κ3) is 4.50. The molecule has 0 aliphatic carbocycles. The van der Waals surface area contributed by atoms with E-state index in [1.807, 2.05) is 24.3 Å². The van der Waals surface area contributed by atoms with Gasteiger partial charge < -0.3 is 5.11 Å². The first-order valence-corrected chi connectivity index (χ1v) is 9.14. The van der Waals surface area contributed by atoms with Crippen LogP contribution in [0, 0.1) is 0 Å². The first kappa shape index (κ1) is 18.2. The number of nitrogens with one attached hydrogen (secondary N) is 2. The van der Waals surface area contributed by atoms with E-state index in [2.05, 4.69) is 15.8 Å². The van der Waals surface area contributed by atoms with Gasteiger partial charge in [0.25, 0.3) is 5.91 Å². The van der Waals surface area contributed by atoms with Gasteiger partial charge in [-0.2, -0.15) is 0 Å². The summed E-state index contributed by atoms with van der Waals surface area (Å²) in [4.78, 5) is 28.3. The maximum atomic E-state index is 12.0. The van der Waals surface area contributed by atoms with Crippen molar-refractivity contribution in [2.45, 2.75) is 19.3 Å². The van der Waals surface area contributed by atoms with Crippen LogP contribution in [0.25, 0.3) is 10.2 Å². The van der Waals surface area contributed by atoms with Crippen molar-refractivity contribution in [1.29, 1.82) is 0 Å². The standard InChI is InChI=1S/C18H16ClN3O3S/c19-11-8-9-14(23)12(10-11)18(25)22-21-16(24)6-3-7-17-20-13-4-1-2-5-15(13)26-17/h1-2,4-5,8-10,23H,3,6-7H2,(H,21,24)(H,22,25). The number of aromatic hydroxyl groups is 1. The topological polar surface area (TPSA) is 91.3 Å². The highest BCUT2D eigenvalue weighted by Crippen LogP contribution is 2.23. The smallest absolute Gasteiger partial charge is 0.273 e. The second-order valence-electron chi connectivity index (χ2n) is 5.59. The number of hydrogen-bond acceptors (Lipinski definition) is 5. The van der Waals surface area contributed by atoms with E-state index < -0.39 is 5.91 Å². The summed E-state index contributed by atoms with van der Waals surface area (Å²) < 4.78 is 1.13. The van der Waals surface area contributed by atoms with E-state index in [1.54, 1.807) is 11.3 Å². The van der Waals surface area contributed by atoms with E-state index in [-0.39, 0.29) is 23.6 Å². The lowest BCUT2D eigenvalue weighted by Crippen LogP contribution is -2.41. The Morgan fingerprint density at radius 3 is 2.77 bits per heavy atom. The number of fused-ring (bicyclic) bond motifs is 1. The van der Waals surface area contributed by atoms with Crippen molar-refractivity contribution in [3.05, 3.63) is 58.1 Å². The molecule has 0 aliphatic rings. The quantitative estimate of drug-likeness (QED) is 0.583. The fourth-order valence-electron chi connectivity index (χ4n) is 2.37. The molecule has 0 spiro atoms. The van der Waals surface area contributed by atoms with Gasteiger partial charge in [0.1, 0.15) is 5.75 Å². The molecule has 0 aliphatic heterocycles. The molecule has 2 amide bonds. The number of amides is 2. The number of aryl methyl sites for hydroxylation is 1. The van der Waals surface area contributed by atoms with Gasteiger partial charge in [0, 0.05) is 11.4 Å². The van der Waals surface area contributed by atoms with Crippen LogP contribution in [-0.2, 0) is 11.2 Å². The van der Waals surface area contributed by atoms with Gasteiger partial charge in [-0.25, -0.2) is 4.98 Å². The predicted molar refractivity (Wildman–Crippen MR) is 101 cm³/mol. The summed E-state index contributed by atoms with van der Waals surface area (Å²) in [6, 6.07) is 12.0. The average Bonchev–Trinajstić information content (AvgIpc) is 3.04. The summed E-state index contributed by atoms with van der Waals surface area (Å²) in [7, 11) is 0. The molecule has 0 radical (unpaired) electrons. The fourth-order valence-corrected chi connectivity index (χ4v) is 3.55. The number of carbonyl (C=O) groups excluding carboxylic acids is 2. The summed E-state index contributed by atoms with van der Waals surface area (Å²) >= 11 is 7.41. The molecule has 0 fully saturated rings. The second-order valence-corrected chi connectivity index (χ2v) is 7.14. The van der Waals surface area contributed by atoms with E-state index in [4.69, 9.17) is 11.6 Å². The third-order valence-electron chi connectivity index (χ3n) is 3.65. The van der Waals surface area contributed by atoms with Gasteiger partial charge in [-0.15, -0.1) is 11.3 Å². The van der Waals surface area contributed by atoms with Crippen LogP contribution in [0.2, 0.25) is 5.02 Å². The lowest BCUT2D eigenvalue weighted by molar-refractivity contribution is -0.121. The van der Waals surface area contributed by atoms with Gasteiger partial charge in [0.05, 0.1) is 20.8 Å². The molecule has 3 N–H and O–H groups in total. The molecule has 6 nitrogen and oxygen atoms in total. The van der Waals surface area contributed by atoms with Crippen molar-refractivity contribution in [2.75, 3.05) is 0 Å². The number of aromatic nitrogens is 1. The number of halogens is 1. The molecule has 1 aromatic heterocycles. The van der Waals surface area contributed by atoms with Crippen molar-refractivity contribution in [3.63, 3.8) is 0 Å². The number of thiazole rings is 1. The Morgan fingerprint density at radius 2 is 1.96 bits per heavy atom. The predicted octanol–water partition coefficient (Wildman–Crippen LogP) is 3.44. The van der Waals surface area contributed by atoms with Gasteiger partial charge in [0.15, 0.2) is 0 Å². The Morgan fingerprint density at radius 1 is 1.15 bits per heavy atom. The number of rotatable bonds is 5. The van der Waals surface area contributed by atoms with Crippen molar-refractivity contribution in [1.82, 2.24) is 15.8 Å². The lowest BCUT2D eigenvalue weighted by atomic mass is 10.2. The monoisotopic (exact) mass is 389 g/mol. The van der Waals surface area contributed by atoms with E-state index in [9.17, 15) is 14.7 Å². The SMILES string of the molecule is O=C(CCCc1nc2ccccc2s1)NNC(=O)c1cc(Cl)ccc1O. The minimum atomic E-state index is -0.635. The fraction of sp³-hybridized carbons (Fsp3) is 0.167. The largest absolute Gasteiger partial charge is 0.507 e. The van der Waals surface area contributed by atoms with Crippen LogP contribution in [0.3, 0.4) is 0 Å². The summed E-state index contributed by atoms with van der Waals surface area (Å²) in [6.07, 6.45) is 1.55. The highest BCUT2D eigenvalue weighted by Gasteiger charge is 2.13. The number of benzene rings is 2. The summed E-state index contributed by atoms with van der Waals surface area (Å²) in [5.74, 6) is -1.16. The van der Waals surface area contributed by atoms with Crippen LogP contribution >= 0.6 is 22.9 Å². The molecule has 1 heterocycles. The Balaban J connectivity index is 1.45. The molecule has 0 saturated carbocycles. The minimum Gasteiger partial charge on any atom is -0.507 e. The van der Waals surface area contributed by atoms with Gasteiger partial charge in [0.2, 0.25) is 5.91 Å². The molecule has 134 valence electrons. The second kappa shape index (κ2) is 8.16. The zero-order valence-electron chi connectivity index (χ0n) is 13.7. The average molecular weight is 390 g/mol. The number of phenolic OH excluding ortho intramolecular Hbond substituents is 1. The molecule has 0 bridgehead atoms. The summed E-state index contributed by atoms with van der Waals surface area (Å²) in [6.45, 7) is 0. The van der Waals surface area contributed by atoms with Crippen molar-refractivity contribution in [2.24, 2.45) is 0 Å². The number of nitrogens with zero attached hydrogens (tertiary/aromatic N) is 1. The van der Waals surface area contributed by atoms with Gasteiger partial charge in [-0.05, 0) is 43.2 Å². The zero-order valence-corrected chi connectivity index (χ0v) is 15.2. The van der Waals surface area contributed by atoms with Crippen LogP contribution in [0.5, 0.6) is 5.75 Å². The molecular formula is C18H16ClN3O3S. The highest BCUT2D eigenvalue weighted by atomic mass is 35.5. The normalized spacial score (nSPS) is 10.7. The number of hydrazine groups is 1. The molecule has 0 saturated heterocycles. The zero-order chi connectivity index (χ0) is 18.5. The molecule has 0 atom stereocenters. The Kier molecular flexibility index (Phi) is 5.70. The van der Waals surface area contributed by atoms with E-state index in [0.717, 1.165) is 15.2 Å². The highest BCUT2D eigenvalue weighted by molar-refractivity contribution is 7.18. The summed E-state index contributed by atoms with van der Waals surface area (Å²) in [5.41, 5.74) is 5.55. The number of para-hydroxylation sites is 1. The van der Waals surface area contributed by atoms with Crippen LogP contribution in [-0.4, -0.2) is 21.9 Å². The Bertz CT molecular complexity index is 925. The molecule has 3 rings (SSSR count). The maximum Gasteiger partial charge on any atom is 0.273 e. The number of hydrogen-bond donors (Lipinski definition) is 3. The van der Waals surface area contributed by atoms with Crippen LogP contribution in [0.15, 0.2) is 42.5 Å². The molecular weight excluding hydrogens is 374 g/mol. The van der Waals surface area contributed by atoms with Gasteiger partial charge in [-0.1, -0.05) is 23.7 Å². The Labute approximate surface area is 158 Å². The van der Waals surface area contributed by atoms with Crippen molar-refractivity contribution < 1.29 is 14.7 Å². The molecule has 0 unspecified atom stereocenters. The maximum absolute atomic E-state index is 12.0. The van der Waals surface area contributed by atoms with Crippen LogP contribution in [0.1, 0.15) is 28.2 Å². The molecule has 26 heavy (non-hydrogen) atoms. The molecule has 3 aromatic rings. The van der Waals surface area contributed by atoms with Crippen molar-refractivity contribution in [3.8, 4) is 5.75 Å². The van der Waals surface area contributed by atoms with Crippen LogP contribution < -0.4 is 10.9 Å².